The van der Waals surface area contributed by atoms with Gasteiger partial charge in [-0.05, 0) is 26.3 Å². The molecule has 0 aromatic heterocycles. The Morgan fingerprint density at radius 3 is 2.62 bits per heavy atom. The second-order valence-corrected chi connectivity index (χ2v) is 3.36. The van der Waals surface area contributed by atoms with Crippen LogP contribution < -0.4 is 10.6 Å². The lowest BCUT2D eigenvalue weighted by Crippen LogP contribution is -2.33. The lowest BCUT2D eigenvalue weighted by Gasteiger charge is -2.11. The van der Waals surface area contributed by atoms with E-state index in [-0.39, 0.29) is 0 Å². The van der Waals surface area contributed by atoms with E-state index in [2.05, 4.69) is 24.5 Å². The van der Waals surface area contributed by atoms with Crippen molar-refractivity contribution < 1.29 is 4.74 Å². The highest BCUT2D eigenvalue weighted by atomic mass is 16.5. The van der Waals surface area contributed by atoms with Crippen molar-refractivity contribution in [2.75, 3.05) is 33.4 Å². The van der Waals surface area contributed by atoms with Crippen molar-refractivity contribution in [3.63, 3.8) is 0 Å². The van der Waals surface area contributed by atoms with Crippen LogP contribution in [0.5, 0.6) is 0 Å². The number of nitrogens with one attached hydrogen (secondary N) is 2. The highest BCUT2D eigenvalue weighted by molar-refractivity contribution is 4.58. The molecule has 0 rings (SSSR count). The van der Waals surface area contributed by atoms with Crippen molar-refractivity contribution in [1.29, 1.82) is 0 Å². The van der Waals surface area contributed by atoms with Crippen LogP contribution in [-0.2, 0) is 4.74 Å². The SMILES string of the molecule is CCC(C)NCCNCCCOC. The molecule has 0 heterocycles. The Labute approximate surface area is 82.2 Å². The molecule has 0 saturated heterocycles. The monoisotopic (exact) mass is 188 g/mol. The van der Waals surface area contributed by atoms with Gasteiger partial charge in [-0.15, -0.1) is 0 Å². The molecule has 1 atom stereocenters. The Morgan fingerprint density at radius 2 is 2.00 bits per heavy atom. The molecule has 3 heteroatoms. The Morgan fingerprint density at radius 1 is 1.23 bits per heavy atom. The normalized spacial score (nSPS) is 13.2. The molecule has 0 spiro atoms. The molecule has 0 fully saturated rings. The van der Waals surface area contributed by atoms with E-state index in [0.29, 0.717) is 6.04 Å². The first-order valence-electron chi connectivity index (χ1n) is 5.24. The van der Waals surface area contributed by atoms with E-state index >= 15 is 0 Å². The fourth-order valence-electron chi connectivity index (χ4n) is 1.02. The first-order valence-corrected chi connectivity index (χ1v) is 5.24. The van der Waals surface area contributed by atoms with E-state index in [1.54, 1.807) is 7.11 Å². The lowest BCUT2D eigenvalue weighted by atomic mass is 10.2. The summed E-state index contributed by atoms with van der Waals surface area (Å²) in [6.07, 6.45) is 2.30. The predicted molar refractivity (Wildman–Crippen MR) is 57.1 cm³/mol. The van der Waals surface area contributed by atoms with Gasteiger partial charge in [0.05, 0.1) is 0 Å². The summed E-state index contributed by atoms with van der Waals surface area (Å²) in [4.78, 5) is 0. The number of methoxy groups -OCH3 is 1. The number of ether oxygens (including phenoxy) is 1. The fourth-order valence-corrected chi connectivity index (χ4v) is 1.02. The number of hydrogen-bond donors (Lipinski definition) is 2. The minimum Gasteiger partial charge on any atom is -0.385 e. The van der Waals surface area contributed by atoms with Crippen LogP contribution in [0, 0.1) is 0 Å². The van der Waals surface area contributed by atoms with Gasteiger partial charge in [-0.3, -0.25) is 0 Å². The average molecular weight is 188 g/mol. The minimum absolute atomic E-state index is 0.640. The summed E-state index contributed by atoms with van der Waals surface area (Å²) in [6.45, 7) is 8.42. The van der Waals surface area contributed by atoms with Gasteiger partial charge in [0.15, 0.2) is 0 Å². The van der Waals surface area contributed by atoms with Crippen molar-refractivity contribution >= 4 is 0 Å². The Kier molecular flexibility index (Phi) is 9.87. The third-order valence-corrected chi connectivity index (χ3v) is 2.11. The van der Waals surface area contributed by atoms with E-state index in [1.807, 2.05) is 0 Å². The Balaban J connectivity index is 2.91. The molecule has 0 aliphatic carbocycles. The third kappa shape index (κ3) is 9.80. The average Bonchev–Trinajstić information content (AvgIpc) is 2.16. The fraction of sp³-hybridized carbons (Fsp3) is 1.00. The maximum atomic E-state index is 4.95. The van der Waals surface area contributed by atoms with E-state index in [4.69, 9.17) is 4.74 Å². The Hall–Kier alpha value is -0.120. The van der Waals surface area contributed by atoms with Gasteiger partial charge in [-0.25, -0.2) is 0 Å². The van der Waals surface area contributed by atoms with Gasteiger partial charge < -0.3 is 15.4 Å². The summed E-state index contributed by atoms with van der Waals surface area (Å²) in [5.41, 5.74) is 0. The smallest absolute Gasteiger partial charge is 0.0474 e. The molecule has 0 amide bonds. The molecule has 0 saturated carbocycles. The van der Waals surface area contributed by atoms with Crippen LogP contribution in [0.25, 0.3) is 0 Å². The molecule has 0 aromatic rings. The van der Waals surface area contributed by atoms with Gasteiger partial charge in [0.25, 0.3) is 0 Å². The number of rotatable bonds is 9. The van der Waals surface area contributed by atoms with Crippen molar-refractivity contribution in [2.24, 2.45) is 0 Å². The van der Waals surface area contributed by atoms with Crippen molar-refractivity contribution in [3.05, 3.63) is 0 Å². The van der Waals surface area contributed by atoms with Crippen LogP contribution in [0.4, 0.5) is 0 Å². The van der Waals surface area contributed by atoms with Crippen molar-refractivity contribution in [3.8, 4) is 0 Å². The first kappa shape index (κ1) is 12.9. The summed E-state index contributed by atoms with van der Waals surface area (Å²) in [7, 11) is 1.74. The third-order valence-electron chi connectivity index (χ3n) is 2.11. The van der Waals surface area contributed by atoms with Crippen LogP contribution in [-0.4, -0.2) is 39.4 Å². The lowest BCUT2D eigenvalue weighted by molar-refractivity contribution is 0.194. The molecular formula is C10H24N2O. The maximum absolute atomic E-state index is 4.95. The van der Waals surface area contributed by atoms with E-state index < -0.39 is 0 Å². The topological polar surface area (TPSA) is 33.3 Å². The van der Waals surface area contributed by atoms with Gasteiger partial charge in [-0.2, -0.15) is 0 Å². The number of hydrogen-bond acceptors (Lipinski definition) is 3. The first-order chi connectivity index (χ1) is 6.31. The van der Waals surface area contributed by atoms with Gasteiger partial charge in [-0.1, -0.05) is 6.92 Å². The van der Waals surface area contributed by atoms with Crippen LogP contribution in [0.1, 0.15) is 26.7 Å². The molecule has 3 nitrogen and oxygen atoms in total. The standard InChI is InChI=1S/C10H24N2O/c1-4-10(2)12-8-7-11-6-5-9-13-3/h10-12H,4-9H2,1-3H3. The largest absolute Gasteiger partial charge is 0.385 e. The van der Waals surface area contributed by atoms with E-state index in [0.717, 1.165) is 32.7 Å². The summed E-state index contributed by atoms with van der Waals surface area (Å²) >= 11 is 0. The molecule has 1 unspecified atom stereocenters. The van der Waals surface area contributed by atoms with Crippen molar-refractivity contribution in [2.45, 2.75) is 32.7 Å². The summed E-state index contributed by atoms with van der Waals surface area (Å²) in [5.74, 6) is 0. The van der Waals surface area contributed by atoms with E-state index in [1.165, 1.54) is 6.42 Å². The van der Waals surface area contributed by atoms with Gasteiger partial charge >= 0.3 is 0 Å². The molecule has 13 heavy (non-hydrogen) atoms. The van der Waals surface area contributed by atoms with Crippen LogP contribution >= 0.6 is 0 Å². The van der Waals surface area contributed by atoms with Gasteiger partial charge in [0.1, 0.15) is 0 Å². The molecule has 2 N–H and O–H groups in total. The second kappa shape index (κ2) is 9.96. The van der Waals surface area contributed by atoms with E-state index in [9.17, 15) is 0 Å². The Bertz CT molecular complexity index is 98.9. The highest BCUT2D eigenvalue weighted by Gasteiger charge is 1.94. The molecular weight excluding hydrogens is 164 g/mol. The minimum atomic E-state index is 0.640. The second-order valence-electron chi connectivity index (χ2n) is 3.36. The molecule has 0 aromatic carbocycles. The predicted octanol–water partition coefficient (Wildman–Crippen LogP) is 1.00. The molecule has 0 aliphatic heterocycles. The quantitative estimate of drug-likeness (QED) is 0.530. The summed E-state index contributed by atoms with van der Waals surface area (Å²) in [6, 6.07) is 0.640. The maximum Gasteiger partial charge on any atom is 0.0474 e. The zero-order chi connectivity index (χ0) is 9.94. The van der Waals surface area contributed by atoms with Crippen molar-refractivity contribution in [1.82, 2.24) is 10.6 Å². The van der Waals surface area contributed by atoms with Crippen LogP contribution in [0.2, 0.25) is 0 Å². The van der Waals surface area contributed by atoms with Crippen LogP contribution in [0.3, 0.4) is 0 Å². The highest BCUT2D eigenvalue weighted by Crippen LogP contribution is 1.85. The summed E-state index contributed by atoms with van der Waals surface area (Å²) in [5, 5.41) is 6.79. The molecule has 0 aliphatic rings. The zero-order valence-electron chi connectivity index (χ0n) is 9.23. The molecule has 80 valence electrons. The van der Waals surface area contributed by atoms with Crippen LogP contribution in [0.15, 0.2) is 0 Å². The summed E-state index contributed by atoms with van der Waals surface area (Å²) < 4.78 is 4.95. The van der Waals surface area contributed by atoms with Gasteiger partial charge in [0, 0.05) is 32.8 Å². The molecule has 0 radical (unpaired) electrons. The molecule has 0 bridgehead atoms. The zero-order valence-corrected chi connectivity index (χ0v) is 9.23. The van der Waals surface area contributed by atoms with Gasteiger partial charge in [0.2, 0.25) is 0 Å².